The molecule has 1 aromatic carbocycles. The van der Waals surface area contributed by atoms with E-state index < -0.39 is 11.6 Å². The van der Waals surface area contributed by atoms with Crippen LogP contribution in [0.15, 0.2) is 18.2 Å². The summed E-state index contributed by atoms with van der Waals surface area (Å²) in [6, 6.07) is 4.56. The topological polar surface area (TPSA) is 40.7 Å². The van der Waals surface area contributed by atoms with E-state index in [0.29, 0.717) is 23.1 Å². The van der Waals surface area contributed by atoms with Gasteiger partial charge < -0.3 is 5.32 Å². The molecule has 1 heterocycles. The van der Waals surface area contributed by atoms with E-state index in [1.807, 2.05) is 0 Å². The summed E-state index contributed by atoms with van der Waals surface area (Å²) in [4.78, 5) is 0. The first-order valence-electron chi connectivity index (χ1n) is 5.91. The Balaban J connectivity index is 1.93. The molecule has 1 saturated carbocycles. The van der Waals surface area contributed by atoms with E-state index in [0.717, 1.165) is 12.8 Å². The molecule has 18 heavy (non-hydrogen) atoms. The van der Waals surface area contributed by atoms with Crippen molar-refractivity contribution in [3.63, 3.8) is 0 Å². The highest BCUT2D eigenvalue weighted by molar-refractivity contribution is 5.64. The number of aromatic nitrogens is 2. The third kappa shape index (κ3) is 2.08. The highest BCUT2D eigenvalue weighted by Gasteiger charge is 2.22. The second-order valence-corrected chi connectivity index (χ2v) is 4.67. The molecule has 1 aromatic heterocycles. The quantitative estimate of drug-likeness (QED) is 0.876. The molecule has 0 spiro atoms. The third-order valence-corrected chi connectivity index (χ3v) is 3.05. The van der Waals surface area contributed by atoms with E-state index in [4.69, 9.17) is 0 Å². The van der Waals surface area contributed by atoms with E-state index in [-0.39, 0.29) is 5.56 Å². The summed E-state index contributed by atoms with van der Waals surface area (Å²) in [5.41, 5.74) is 0.982. The normalized spacial score (nSPS) is 14.8. The van der Waals surface area contributed by atoms with Crippen LogP contribution in [0.3, 0.4) is 0 Å². The molecule has 1 aliphatic rings. The van der Waals surface area contributed by atoms with Crippen molar-refractivity contribution in [2.75, 3.05) is 5.32 Å². The highest BCUT2D eigenvalue weighted by atomic mass is 19.1. The molecule has 5 heteroatoms. The SMILES string of the molecule is Cc1cc(F)c(-c2cc(NC3CC3)n[nH]2)cc1F. The van der Waals surface area contributed by atoms with Crippen molar-refractivity contribution in [2.24, 2.45) is 0 Å². The van der Waals surface area contributed by atoms with Crippen molar-refractivity contribution in [1.29, 1.82) is 0 Å². The maximum absolute atomic E-state index is 13.8. The van der Waals surface area contributed by atoms with E-state index >= 15 is 0 Å². The van der Waals surface area contributed by atoms with Gasteiger partial charge in [0.1, 0.15) is 17.5 Å². The fourth-order valence-corrected chi connectivity index (χ4v) is 1.82. The van der Waals surface area contributed by atoms with Crippen LogP contribution in [0.4, 0.5) is 14.6 Å². The molecule has 0 bridgehead atoms. The number of hydrogen-bond acceptors (Lipinski definition) is 2. The molecular formula is C13H13F2N3. The maximum atomic E-state index is 13.8. The van der Waals surface area contributed by atoms with Crippen molar-refractivity contribution in [3.05, 3.63) is 35.4 Å². The van der Waals surface area contributed by atoms with Gasteiger partial charge in [-0.1, -0.05) is 0 Å². The van der Waals surface area contributed by atoms with Crippen LogP contribution in [0.2, 0.25) is 0 Å². The van der Waals surface area contributed by atoms with Gasteiger partial charge >= 0.3 is 0 Å². The lowest BCUT2D eigenvalue weighted by atomic mass is 10.1. The third-order valence-electron chi connectivity index (χ3n) is 3.05. The maximum Gasteiger partial charge on any atom is 0.148 e. The Morgan fingerprint density at radius 2 is 2.00 bits per heavy atom. The summed E-state index contributed by atoms with van der Waals surface area (Å²) in [5.74, 6) is -0.193. The molecule has 3 rings (SSSR count). The first-order chi connectivity index (χ1) is 8.63. The Morgan fingerprint density at radius 3 is 2.72 bits per heavy atom. The zero-order valence-electron chi connectivity index (χ0n) is 9.93. The molecule has 0 unspecified atom stereocenters. The van der Waals surface area contributed by atoms with Gasteiger partial charge in [0.25, 0.3) is 0 Å². The molecule has 2 N–H and O–H groups in total. The number of anilines is 1. The summed E-state index contributed by atoms with van der Waals surface area (Å²) in [7, 11) is 0. The average Bonchev–Trinajstić information content (AvgIpc) is 3.01. The zero-order valence-corrected chi connectivity index (χ0v) is 9.93. The van der Waals surface area contributed by atoms with Gasteiger partial charge in [-0.15, -0.1) is 0 Å². The number of hydrogen-bond donors (Lipinski definition) is 2. The lowest BCUT2D eigenvalue weighted by molar-refractivity contribution is 0.594. The summed E-state index contributed by atoms with van der Waals surface area (Å²) in [6.45, 7) is 1.54. The molecule has 0 radical (unpaired) electrons. The van der Waals surface area contributed by atoms with Gasteiger partial charge in [0.05, 0.1) is 5.69 Å². The number of halogens is 2. The van der Waals surface area contributed by atoms with Gasteiger partial charge in [0.15, 0.2) is 0 Å². The number of aryl methyl sites for hydroxylation is 1. The molecule has 0 atom stereocenters. The summed E-state index contributed by atoms with van der Waals surface area (Å²) >= 11 is 0. The Labute approximate surface area is 103 Å². The van der Waals surface area contributed by atoms with E-state index in [1.165, 1.54) is 19.1 Å². The van der Waals surface area contributed by atoms with Crippen molar-refractivity contribution in [3.8, 4) is 11.3 Å². The van der Waals surface area contributed by atoms with Crippen molar-refractivity contribution >= 4 is 5.82 Å². The number of H-pyrrole nitrogens is 1. The minimum Gasteiger partial charge on any atom is -0.366 e. The molecule has 3 nitrogen and oxygen atoms in total. The number of nitrogens with one attached hydrogen (secondary N) is 2. The molecular weight excluding hydrogens is 236 g/mol. The predicted octanol–water partition coefficient (Wildman–Crippen LogP) is 3.24. The smallest absolute Gasteiger partial charge is 0.148 e. The van der Waals surface area contributed by atoms with E-state index in [9.17, 15) is 8.78 Å². The van der Waals surface area contributed by atoms with E-state index in [1.54, 1.807) is 6.07 Å². The molecule has 0 saturated heterocycles. The average molecular weight is 249 g/mol. The van der Waals surface area contributed by atoms with Crippen LogP contribution >= 0.6 is 0 Å². The van der Waals surface area contributed by atoms with Gasteiger partial charge in [0, 0.05) is 17.7 Å². The lowest BCUT2D eigenvalue weighted by Crippen LogP contribution is -2.00. The summed E-state index contributed by atoms with van der Waals surface area (Å²) in [6.07, 6.45) is 2.27. The summed E-state index contributed by atoms with van der Waals surface area (Å²) < 4.78 is 27.2. The summed E-state index contributed by atoms with van der Waals surface area (Å²) in [5, 5.41) is 9.96. The highest BCUT2D eigenvalue weighted by Crippen LogP contribution is 2.28. The van der Waals surface area contributed by atoms with Crippen LogP contribution in [0.1, 0.15) is 18.4 Å². The number of benzene rings is 1. The van der Waals surface area contributed by atoms with Gasteiger partial charge in [-0.25, -0.2) is 8.78 Å². The molecule has 0 aliphatic heterocycles. The largest absolute Gasteiger partial charge is 0.366 e. The van der Waals surface area contributed by atoms with Crippen molar-refractivity contribution in [2.45, 2.75) is 25.8 Å². The molecule has 1 aliphatic carbocycles. The van der Waals surface area contributed by atoms with E-state index in [2.05, 4.69) is 15.5 Å². The Kier molecular flexibility index (Phi) is 2.54. The first-order valence-corrected chi connectivity index (χ1v) is 5.91. The van der Waals surface area contributed by atoms with Crippen molar-refractivity contribution in [1.82, 2.24) is 10.2 Å². The standard InChI is InChI=1S/C13H13F2N3/c1-7-4-11(15)9(5-10(7)14)12-6-13(18-17-12)16-8-2-3-8/h4-6,8H,2-3H2,1H3,(H2,16,17,18). The second kappa shape index (κ2) is 4.08. The zero-order chi connectivity index (χ0) is 12.7. The number of nitrogens with zero attached hydrogens (tertiary/aromatic N) is 1. The Morgan fingerprint density at radius 1 is 1.22 bits per heavy atom. The number of aromatic amines is 1. The van der Waals surface area contributed by atoms with Gasteiger partial charge in [-0.05, 0) is 37.5 Å². The molecule has 94 valence electrons. The Hall–Kier alpha value is -1.91. The van der Waals surface area contributed by atoms with Crippen LogP contribution in [-0.4, -0.2) is 16.2 Å². The van der Waals surface area contributed by atoms with Crippen LogP contribution in [0.5, 0.6) is 0 Å². The van der Waals surface area contributed by atoms with Crippen LogP contribution < -0.4 is 5.32 Å². The second-order valence-electron chi connectivity index (χ2n) is 4.67. The number of rotatable bonds is 3. The van der Waals surface area contributed by atoms with Gasteiger partial charge in [0.2, 0.25) is 0 Å². The minimum atomic E-state index is -0.449. The lowest BCUT2D eigenvalue weighted by Gasteiger charge is -2.02. The predicted molar refractivity (Wildman–Crippen MR) is 65.3 cm³/mol. The molecule has 0 amide bonds. The molecule has 2 aromatic rings. The minimum absolute atomic E-state index is 0.203. The fourth-order valence-electron chi connectivity index (χ4n) is 1.82. The van der Waals surface area contributed by atoms with Gasteiger partial charge in [-0.2, -0.15) is 5.10 Å². The van der Waals surface area contributed by atoms with Gasteiger partial charge in [-0.3, -0.25) is 5.10 Å². The molecule has 1 fully saturated rings. The monoisotopic (exact) mass is 249 g/mol. The van der Waals surface area contributed by atoms with Crippen LogP contribution in [0.25, 0.3) is 11.3 Å². The van der Waals surface area contributed by atoms with Crippen molar-refractivity contribution < 1.29 is 8.78 Å². The fraction of sp³-hybridized carbons (Fsp3) is 0.308. The Bertz CT molecular complexity index is 588. The first kappa shape index (κ1) is 11.2. The van der Waals surface area contributed by atoms with Crippen LogP contribution in [-0.2, 0) is 0 Å². The van der Waals surface area contributed by atoms with Crippen LogP contribution in [0, 0.1) is 18.6 Å².